The number of thiophene rings is 1. The van der Waals surface area contributed by atoms with E-state index in [9.17, 15) is 14.4 Å². The van der Waals surface area contributed by atoms with Crippen molar-refractivity contribution in [1.82, 2.24) is 9.13 Å². The van der Waals surface area contributed by atoms with Crippen molar-refractivity contribution in [3.8, 4) is 0 Å². The Balaban J connectivity index is 1.73. The Morgan fingerprint density at radius 3 is 2.57 bits per heavy atom. The molecule has 1 N–H and O–H groups in total. The highest BCUT2D eigenvalue weighted by Gasteiger charge is 2.17. The number of halogens is 2. The zero-order valence-corrected chi connectivity index (χ0v) is 17.8. The summed E-state index contributed by atoms with van der Waals surface area (Å²) in [4.78, 5) is 38.6. The fourth-order valence-corrected chi connectivity index (χ4v) is 4.36. The van der Waals surface area contributed by atoms with Crippen molar-refractivity contribution in [2.45, 2.75) is 13.1 Å². The van der Waals surface area contributed by atoms with Crippen molar-refractivity contribution in [2.75, 3.05) is 5.32 Å². The van der Waals surface area contributed by atoms with Crippen molar-refractivity contribution in [3.05, 3.63) is 96.4 Å². The van der Waals surface area contributed by atoms with Crippen LogP contribution >= 0.6 is 34.5 Å². The quantitative estimate of drug-likeness (QED) is 0.485. The summed E-state index contributed by atoms with van der Waals surface area (Å²) in [7, 11) is 0. The molecule has 0 spiro atoms. The summed E-state index contributed by atoms with van der Waals surface area (Å²) in [5, 5.41) is 5.38. The Kier molecular flexibility index (Phi) is 5.76. The zero-order chi connectivity index (χ0) is 21.3. The number of anilines is 1. The molecule has 6 nitrogen and oxygen atoms in total. The van der Waals surface area contributed by atoms with E-state index >= 15 is 0 Å². The molecule has 0 fully saturated rings. The summed E-state index contributed by atoms with van der Waals surface area (Å²) in [6.45, 7) is -0.234. The number of carbonyl (C=O) groups excluding carboxylic acids is 1. The van der Waals surface area contributed by atoms with E-state index in [2.05, 4.69) is 5.32 Å². The van der Waals surface area contributed by atoms with Gasteiger partial charge in [-0.3, -0.25) is 18.7 Å². The standard InChI is InChI=1S/C21H15Cl2N3O3S/c22-14-5-3-6-15(10-14)24-18(27)12-25-17-8-9-30-19(17)20(28)26(21(25)29)11-13-4-1-2-7-16(13)23/h1-10H,11-12H2,(H,24,27). The number of nitrogens with one attached hydrogen (secondary N) is 1. The number of fused-ring (bicyclic) bond motifs is 1. The topological polar surface area (TPSA) is 73.1 Å². The first kappa shape index (κ1) is 20.4. The molecule has 2 heterocycles. The summed E-state index contributed by atoms with van der Waals surface area (Å²) in [5.41, 5.74) is 0.603. The van der Waals surface area contributed by atoms with E-state index in [4.69, 9.17) is 23.2 Å². The highest BCUT2D eigenvalue weighted by Crippen LogP contribution is 2.19. The molecule has 4 rings (SSSR count). The molecule has 0 radical (unpaired) electrons. The predicted molar refractivity (Wildman–Crippen MR) is 121 cm³/mol. The van der Waals surface area contributed by atoms with Crippen molar-refractivity contribution in [1.29, 1.82) is 0 Å². The monoisotopic (exact) mass is 459 g/mol. The highest BCUT2D eigenvalue weighted by molar-refractivity contribution is 7.17. The zero-order valence-electron chi connectivity index (χ0n) is 15.5. The number of benzene rings is 2. The van der Waals surface area contributed by atoms with Gasteiger partial charge in [0.25, 0.3) is 5.56 Å². The van der Waals surface area contributed by atoms with E-state index in [1.807, 2.05) is 0 Å². The number of hydrogen-bond donors (Lipinski definition) is 1. The van der Waals surface area contributed by atoms with Crippen LogP contribution in [0.3, 0.4) is 0 Å². The molecule has 2 aromatic heterocycles. The molecule has 0 aliphatic heterocycles. The lowest BCUT2D eigenvalue weighted by atomic mass is 10.2. The maximum Gasteiger partial charge on any atom is 0.332 e. The normalized spacial score (nSPS) is 11.0. The third-order valence-corrected chi connectivity index (χ3v) is 6.03. The lowest BCUT2D eigenvalue weighted by Crippen LogP contribution is -2.41. The summed E-state index contributed by atoms with van der Waals surface area (Å²) in [6, 6.07) is 15.4. The average molecular weight is 460 g/mol. The first-order valence-corrected chi connectivity index (χ1v) is 10.6. The molecule has 0 aliphatic carbocycles. The molecule has 0 atom stereocenters. The van der Waals surface area contributed by atoms with Gasteiger partial charge in [0.15, 0.2) is 0 Å². The van der Waals surface area contributed by atoms with Crippen LogP contribution in [0.1, 0.15) is 5.56 Å². The van der Waals surface area contributed by atoms with E-state index in [1.54, 1.807) is 60.0 Å². The smallest absolute Gasteiger partial charge is 0.324 e. The van der Waals surface area contributed by atoms with Crippen LogP contribution in [0.5, 0.6) is 0 Å². The number of amides is 1. The fraction of sp³-hybridized carbons (Fsp3) is 0.0952. The third-order valence-electron chi connectivity index (χ3n) is 4.53. The molecule has 0 saturated carbocycles. The molecule has 0 aliphatic rings. The second kappa shape index (κ2) is 8.47. The van der Waals surface area contributed by atoms with E-state index in [-0.39, 0.29) is 13.1 Å². The number of hydrogen-bond acceptors (Lipinski definition) is 4. The molecule has 30 heavy (non-hydrogen) atoms. The number of rotatable bonds is 5. The maximum atomic E-state index is 13.1. The highest BCUT2D eigenvalue weighted by atomic mass is 35.5. The average Bonchev–Trinajstić information content (AvgIpc) is 3.20. The molecule has 0 unspecified atom stereocenters. The van der Waals surface area contributed by atoms with Crippen LogP contribution in [0.4, 0.5) is 5.69 Å². The lowest BCUT2D eigenvalue weighted by Gasteiger charge is -2.13. The number of carbonyl (C=O) groups is 1. The molecule has 0 bridgehead atoms. The van der Waals surface area contributed by atoms with Crippen molar-refractivity contribution in [2.24, 2.45) is 0 Å². The van der Waals surface area contributed by atoms with Gasteiger partial charge in [-0.25, -0.2) is 4.79 Å². The minimum atomic E-state index is -0.577. The van der Waals surface area contributed by atoms with Crippen LogP contribution in [0.25, 0.3) is 10.2 Å². The van der Waals surface area contributed by atoms with E-state index in [1.165, 1.54) is 15.9 Å². The van der Waals surface area contributed by atoms with Crippen molar-refractivity contribution < 1.29 is 4.79 Å². The molecule has 152 valence electrons. The Hall–Kier alpha value is -2.87. The third kappa shape index (κ3) is 4.05. The molecule has 9 heteroatoms. The largest absolute Gasteiger partial charge is 0.332 e. The number of nitrogens with zero attached hydrogens (tertiary/aromatic N) is 2. The van der Waals surface area contributed by atoms with E-state index in [0.29, 0.717) is 31.5 Å². The van der Waals surface area contributed by atoms with Crippen molar-refractivity contribution >= 4 is 56.3 Å². The Bertz CT molecular complexity index is 1370. The predicted octanol–water partition coefficient (Wildman–Crippen LogP) is 4.22. The summed E-state index contributed by atoms with van der Waals surface area (Å²) in [6.07, 6.45) is 0. The Morgan fingerprint density at radius 1 is 1.00 bits per heavy atom. The number of aromatic nitrogens is 2. The van der Waals surface area contributed by atoms with Crippen LogP contribution in [-0.4, -0.2) is 15.0 Å². The van der Waals surface area contributed by atoms with Gasteiger partial charge in [0, 0.05) is 15.7 Å². The van der Waals surface area contributed by atoms with E-state index in [0.717, 1.165) is 4.57 Å². The fourth-order valence-electron chi connectivity index (χ4n) is 3.13. The van der Waals surface area contributed by atoms with Gasteiger partial charge in [0.1, 0.15) is 11.2 Å². The molecule has 4 aromatic rings. The van der Waals surface area contributed by atoms with Gasteiger partial charge in [0.05, 0.1) is 12.1 Å². The van der Waals surface area contributed by atoms with Gasteiger partial charge < -0.3 is 5.32 Å². The summed E-state index contributed by atoms with van der Waals surface area (Å²) < 4.78 is 2.80. The van der Waals surface area contributed by atoms with Gasteiger partial charge in [-0.1, -0.05) is 47.5 Å². The van der Waals surface area contributed by atoms with Crippen LogP contribution in [0, 0.1) is 0 Å². The van der Waals surface area contributed by atoms with Gasteiger partial charge in [-0.05, 0) is 41.3 Å². The van der Waals surface area contributed by atoms with Gasteiger partial charge >= 0.3 is 5.69 Å². The Morgan fingerprint density at radius 2 is 1.80 bits per heavy atom. The van der Waals surface area contributed by atoms with Crippen LogP contribution < -0.4 is 16.6 Å². The summed E-state index contributed by atoms with van der Waals surface area (Å²) >= 11 is 13.4. The first-order chi connectivity index (χ1) is 14.4. The van der Waals surface area contributed by atoms with Crippen LogP contribution in [0.15, 0.2) is 69.6 Å². The summed E-state index contributed by atoms with van der Waals surface area (Å²) in [5.74, 6) is -0.408. The second-order valence-corrected chi connectivity index (χ2v) is 8.30. The molecule has 1 amide bonds. The van der Waals surface area contributed by atoms with Crippen molar-refractivity contribution in [3.63, 3.8) is 0 Å². The van der Waals surface area contributed by atoms with Crippen LogP contribution in [-0.2, 0) is 17.9 Å². The maximum absolute atomic E-state index is 13.1. The van der Waals surface area contributed by atoms with Gasteiger partial charge in [0.2, 0.25) is 5.91 Å². The minimum Gasteiger partial charge on any atom is -0.324 e. The minimum absolute atomic E-state index is 0.0150. The van der Waals surface area contributed by atoms with Gasteiger partial charge in [-0.2, -0.15) is 0 Å². The second-order valence-electron chi connectivity index (χ2n) is 6.54. The molecular formula is C21H15Cl2N3O3S. The molecule has 2 aromatic carbocycles. The lowest BCUT2D eigenvalue weighted by molar-refractivity contribution is -0.116. The molecule has 0 saturated heterocycles. The Labute approximate surface area is 184 Å². The van der Waals surface area contributed by atoms with Gasteiger partial charge in [-0.15, -0.1) is 11.3 Å². The SMILES string of the molecule is O=C(Cn1c(=O)n(Cc2ccccc2Cl)c(=O)c2sccc21)Nc1cccc(Cl)c1. The van der Waals surface area contributed by atoms with E-state index < -0.39 is 17.2 Å². The first-order valence-electron chi connectivity index (χ1n) is 8.93. The van der Waals surface area contributed by atoms with Crippen LogP contribution in [0.2, 0.25) is 10.0 Å². The molecular weight excluding hydrogens is 445 g/mol.